The summed E-state index contributed by atoms with van der Waals surface area (Å²) in [6.45, 7) is 0. The lowest BCUT2D eigenvalue weighted by Gasteiger charge is -2.14. The maximum Gasteiger partial charge on any atom is 0.407 e. The molecule has 1 N–H and O–H groups in total. The van der Waals surface area contributed by atoms with E-state index in [1.807, 2.05) is 11.8 Å². The standard InChI is InChI=1S/C10H15NO3S/c12-5-3-1-2-4-8-9-7(6-15-8)14-10(13)11-9/h5,7-9H,1-4,6H2,(H,11,13). The van der Waals surface area contributed by atoms with E-state index < -0.39 is 0 Å². The molecular weight excluding hydrogens is 214 g/mol. The van der Waals surface area contributed by atoms with E-state index in [-0.39, 0.29) is 18.2 Å². The maximum absolute atomic E-state index is 11.0. The highest BCUT2D eigenvalue weighted by Crippen LogP contribution is 2.35. The van der Waals surface area contributed by atoms with Crippen molar-refractivity contribution < 1.29 is 14.3 Å². The number of hydrogen-bond acceptors (Lipinski definition) is 4. The first kappa shape index (κ1) is 10.8. The summed E-state index contributed by atoms with van der Waals surface area (Å²) < 4.78 is 5.12. The first-order chi connectivity index (χ1) is 7.31. The summed E-state index contributed by atoms with van der Waals surface area (Å²) in [7, 11) is 0. The fraction of sp³-hybridized carbons (Fsp3) is 0.800. The normalized spacial score (nSPS) is 33.3. The highest BCUT2D eigenvalue weighted by molar-refractivity contribution is 8.00. The molecule has 3 unspecified atom stereocenters. The van der Waals surface area contributed by atoms with Gasteiger partial charge in [-0.15, -0.1) is 0 Å². The van der Waals surface area contributed by atoms with Crippen LogP contribution in [-0.2, 0) is 9.53 Å². The summed E-state index contributed by atoms with van der Waals surface area (Å²) in [6.07, 6.45) is 4.46. The van der Waals surface area contributed by atoms with Crippen LogP contribution in [0.4, 0.5) is 4.79 Å². The van der Waals surface area contributed by atoms with Gasteiger partial charge in [0.25, 0.3) is 0 Å². The number of alkyl carbamates (subject to hydrolysis) is 1. The van der Waals surface area contributed by atoms with E-state index in [9.17, 15) is 9.59 Å². The third-order valence-electron chi connectivity index (χ3n) is 2.88. The molecule has 2 rings (SSSR count). The number of rotatable bonds is 5. The van der Waals surface area contributed by atoms with Gasteiger partial charge in [-0.25, -0.2) is 4.79 Å². The van der Waals surface area contributed by atoms with Crippen LogP contribution in [0, 0.1) is 0 Å². The Morgan fingerprint density at radius 1 is 1.53 bits per heavy atom. The van der Waals surface area contributed by atoms with Crippen molar-refractivity contribution in [2.45, 2.75) is 43.1 Å². The molecule has 0 aromatic carbocycles. The summed E-state index contributed by atoms with van der Waals surface area (Å²) in [5, 5.41) is 3.32. The third kappa shape index (κ3) is 2.45. The molecule has 2 aliphatic heterocycles. The number of amides is 1. The molecule has 2 saturated heterocycles. The Morgan fingerprint density at radius 2 is 2.40 bits per heavy atom. The lowest BCUT2D eigenvalue weighted by molar-refractivity contribution is -0.107. The summed E-state index contributed by atoms with van der Waals surface area (Å²) in [6, 6.07) is 0.193. The zero-order chi connectivity index (χ0) is 10.7. The van der Waals surface area contributed by atoms with Crippen LogP contribution in [0.25, 0.3) is 0 Å². The predicted octanol–water partition coefficient (Wildman–Crippen LogP) is 1.34. The van der Waals surface area contributed by atoms with E-state index in [1.54, 1.807) is 0 Å². The quantitative estimate of drug-likeness (QED) is 0.571. The number of carbonyl (C=O) groups is 2. The molecule has 3 atom stereocenters. The molecule has 0 aromatic heterocycles. The van der Waals surface area contributed by atoms with Crippen LogP contribution < -0.4 is 5.32 Å². The Morgan fingerprint density at radius 3 is 3.20 bits per heavy atom. The second-order valence-electron chi connectivity index (χ2n) is 3.94. The van der Waals surface area contributed by atoms with E-state index in [0.717, 1.165) is 31.3 Å². The molecular formula is C10H15NO3S. The molecule has 2 fully saturated rings. The van der Waals surface area contributed by atoms with Crippen molar-refractivity contribution in [2.24, 2.45) is 0 Å². The van der Waals surface area contributed by atoms with Crippen LogP contribution in [0.3, 0.4) is 0 Å². The smallest absolute Gasteiger partial charge is 0.407 e. The zero-order valence-electron chi connectivity index (χ0n) is 8.48. The number of thioether (sulfide) groups is 1. The molecule has 2 aliphatic rings. The van der Waals surface area contributed by atoms with Gasteiger partial charge in [-0.1, -0.05) is 6.42 Å². The Hall–Kier alpha value is -0.710. The Kier molecular flexibility index (Phi) is 3.51. The number of aldehydes is 1. The second kappa shape index (κ2) is 4.88. The zero-order valence-corrected chi connectivity index (χ0v) is 9.29. The van der Waals surface area contributed by atoms with Crippen LogP contribution in [0.1, 0.15) is 25.7 Å². The van der Waals surface area contributed by atoms with Gasteiger partial charge in [0.1, 0.15) is 12.4 Å². The number of fused-ring (bicyclic) bond motifs is 1. The maximum atomic E-state index is 11.0. The number of carbonyl (C=O) groups excluding carboxylic acids is 2. The van der Waals surface area contributed by atoms with Gasteiger partial charge in [-0.05, 0) is 12.8 Å². The highest BCUT2D eigenvalue weighted by atomic mass is 32.2. The second-order valence-corrected chi connectivity index (χ2v) is 5.21. The molecule has 1 amide bonds. The van der Waals surface area contributed by atoms with Gasteiger partial charge in [-0.3, -0.25) is 0 Å². The van der Waals surface area contributed by atoms with Crippen LogP contribution in [0.15, 0.2) is 0 Å². The van der Waals surface area contributed by atoms with E-state index in [2.05, 4.69) is 5.32 Å². The van der Waals surface area contributed by atoms with E-state index >= 15 is 0 Å². The summed E-state index contributed by atoms with van der Waals surface area (Å²) in [4.78, 5) is 21.1. The van der Waals surface area contributed by atoms with Crippen LogP contribution in [0.5, 0.6) is 0 Å². The largest absolute Gasteiger partial charge is 0.443 e. The SMILES string of the molecule is O=CCCCCC1SCC2OC(=O)NC21. The van der Waals surface area contributed by atoms with Crippen molar-refractivity contribution in [3.8, 4) is 0 Å². The van der Waals surface area contributed by atoms with Gasteiger partial charge in [0.05, 0.1) is 6.04 Å². The molecule has 84 valence electrons. The van der Waals surface area contributed by atoms with Gasteiger partial charge in [0.2, 0.25) is 0 Å². The minimum atomic E-state index is -0.275. The molecule has 0 aliphatic carbocycles. The Bertz CT molecular complexity index is 259. The lowest BCUT2D eigenvalue weighted by Crippen LogP contribution is -2.36. The minimum absolute atomic E-state index is 0.0681. The lowest BCUT2D eigenvalue weighted by atomic mass is 10.0. The first-order valence-corrected chi connectivity index (χ1v) is 6.38. The first-order valence-electron chi connectivity index (χ1n) is 5.33. The van der Waals surface area contributed by atoms with Crippen LogP contribution >= 0.6 is 11.8 Å². The van der Waals surface area contributed by atoms with Crippen molar-refractivity contribution in [3.05, 3.63) is 0 Å². The van der Waals surface area contributed by atoms with Crippen LogP contribution in [0.2, 0.25) is 0 Å². The molecule has 2 heterocycles. The molecule has 15 heavy (non-hydrogen) atoms. The molecule has 0 spiro atoms. The average Bonchev–Trinajstić information content (AvgIpc) is 2.73. The topological polar surface area (TPSA) is 55.4 Å². The van der Waals surface area contributed by atoms with Crippen molar-refractivity contribution in [3.63, 3.8) is 0 Å². The van der Waals surface area contributed by atoms with Gasteiger partial charge in [0.15, 0.2) is 0 Å². The molecule has 0 bridgehead atoms. The van der Waals surface area contributed by atoms with Crippen LogP contribution in [-0.4, -0.2) is 35.5 Å². The fourth-order valence-electron chi connectivity index (χ4n) is 2.10. The Labute approximate surface area is 93.1 Å². The monoisotopic (exact) mass is 229 g/mol. The van der Waals surface area contributed by atoms with Crippen molar-refractivity contribution in [1.29, 1.82) is 0 Å². The van der Waals surface area contributed by atoms with Gasteiger partial charge >= 0.3 is 6.09 Å². The number of hydrogen-bond donors (Lipinski definition) is 1. The number of ether oxygens (including phenoxy) is 1. The number of unbranched alkanes of at least 4 members (excludes halogenated alkanes) is 2. The molecule has 5 heteroatoms. The summed E-state index contributed by atoms with van der Waals surface area (Å²) in [5.41, 5.74) is 0. The third-order valence-corrected chi connectivity index (χ3v) is 4.36. The van der Waals surface area contributed by atoms with E-state index in [4.69, 9.17) is 4.74 Å². The summed E-state index contributed by atoms with van der Waals surface area (Å²) in [5.74, 6) is 0.905. The minimum Gasteiger partial charge on any atom is -0.443 e. The predicted molar refractivity (Wildman–Crippen MR) is 58.0 cm³/mol. The van der Waals surface area contributed by atoms with Crippen molar-refractivity contribution >= 4 is 24.1 Å². The number of nitrogens with one attached hydrogen (secondary N) is 1. The summed E-state index contributed by atoms with van der Waals surface area (Å²) >= 11 is 1.87. The molecule has 4 nitrogen and oxygen atoms in total. The van der Waals surface area contributed by atoms with Gasteiger partial charge in [-0.2, -0.15) is 11.8 Å². The van der Waals surface area contributed by atoms with E-state index in [0.29, 0.717) is 11.7 Å². The van der Waals surface area contributed by atoms with Gasteiger partial charge in [0, 0.05) is 17.4 Å². The average molecular weight is 229 g/mol. The van der Waals surface area contributed by atoms with Gasteiger partial charge < -0.3 is 14.8 Å². The molecule has 0 radical (unpaired) electrons. The van der Waals surface area contributed by atoms with Crippen molar-refractivity contribution in [1.82, 2.24) is 5.32 Å². The molecule has 0 aromatic rings. The molecule has 0 saturated carbocycles. The Balaban J connectivity index is 1.74. The van der Waals surface area contributed by atoms with E-state index in [1.165, 1.54) is 0 Å². The fourth-order valence-corrected chi connectivity index (χ4v) is 3.60. The highest BCUT2D eigenvalue weighted by Gasteiger charge is 2.44. The van der Waals surface area contributed by atoms with Crippen molar-refractivity contribution in [2.75, 3.05) is 5.75 Å².